The fourth-order valence-corrected chi connectivity index (χ4v) is 13.1. The second-order valence-electron chi connectivity index (χ2n) is 18.0. The van der Waals surface area contributed by atoms with Crippen LogP contribution in [-0.2, 0) is 19.1 Å². The third-order valence-electron chi connectivity index (χ3n) is 15.4. The normalized spacial score (nSPS) is 43.5. The van der Waals surface area contributed by atoms with Crippen LogP contribution in [0.15, 0.2) is 11.1 Å². The number of nitrogens with one attached hydrogen (secondary N) is 1. The molecule has 44 heavy (non-hydrogen) atoms. The van der Waals surface area contributed by atoms with Crippen LogP contribution >= 0.6 is 0 Å². The van der Waals surface area contributed by atoms with Crippen molar-refractivity contribution in [3.63, 3.8) is 0 Å². The van der Waals surface area contributed by atoms with Crippen molar-refractivity contribution in [1.29, 1.82) is 0 Å². The molecule has 0 aromatic carbocycles. The molecule has 0 saturated heterocycles. The van der Waals surface area contributed by atoms with E-state index >= 15 is 0 Å². The molecule has 6 aliphatic rings. The fraction of sp³-hybridized carbons (Fsp3) is 0.872. The highest BCUT2D eigenvalue weighted by atomic mass is 16.5. The van der Waals surface area contributed by atoms with Gasteiger partial charge in [-0.15, -0.1) is 0 Å². The van der Waals surface area contributed by atoms with Crippen molar-refractivity contribution < 1.29 is 19.1 Å². The maximum Gasteiger partial charge on any atom is 0.302 e. The number of allylic oxidation sites excluding steroid dienone is 1. The van der Waals surface area contributed by atoms with Crippen molar-refractivity contribution in [2.75, 3.05) is 6.54 Å². The lowest BCUT2D eigenvalue weighted by atomic mass is 9.33. The Balaban J connectivity index is 1.34. The van der Waals surface area contributed by atoms with Crippen LogP contribution < -0.4 is 5.32 Å². The van der Waals surface area contributed by atoms with Crippen LogP contribution in [0.5, 0.6) is 0 Å². The lowest BCUT2D eigenvalue weighted by Crippen LogP contribution is -2.66. The Morgan fingerprint density at radius 1 is 0.841 bits per heavy atom. The molecule has 0 bridgehead atoms. The van der Waals surface area contributed by atoms with Crippen LogP contribution in [0, 0.1) is 56.7 Å². The van der Waals surface area contributed by atoms with Crippen molar-refractivity contribution in [2.24, 2.45) is 56.7 Å². The number of hydrogen-bond donors (Lipinski definition) is 1. The van der Waals surface area contributed by atoms with E-state index in [1.165, 1.54) is 44.1 Å². The number of rotatable bonds is 5. The summed E-state index contributed by atoms with van der Waals surface area (Å²) in [6.07, 6.45) is 15.1. The van der Waals surface area contributed by atoms with Gasteiger partial charge in [0.05, 0.1) is 5.41 Å². The van der Waals surface area contributed by atoms with E-state index in [2.05, 4.69) is 53.8 Å². The predicted molar refractivity (Wildman–Crippen MR) is 175 cm³/mol. The molecule has 1 amide bonds. The Kier molecular flexibility index (Phi) is 8.05. The van der Waals surface area contributed by atoms with Crippen LogP contribution in [0.1, 0.15) is 145 Å². The minimum absolute atomic E-state index is 0.0139. The quantitative estimate of drug-likeness (QED) is 0.318. The molecule has 6 aliphatic carbocycles. The van der Waals surface area contributed by atoms with Crippen molar-refractivity contribution in [3.8, 4) is 0 Å². The van der Waals surface area contributed by atoms with Crippen LogP contribution in [-0.4, -0.2) is 30.3 Å². The van der Waals surface area contributed by atoms with Crippen molar-refractivity contribution in [1.82, 2.24) is 5.32 Å². The molecule has 246 valence electrons. The maximum absolute atomic E-state index is 14.4. The Morgan fingerprint density at radius 2 is 1.55 bits per heavy atom. The van der Waals surface area contributed by atoms with Crippen LogP contribution in [0.25, 0.3) is 0 Å². The molecular formula is C39H61NO4. The van der Waals surface area contributed by atoms with E-state index in [1.54, 1.807) is 6.92 Å². The number of carbonyl (C=O) groups excluding carboxylic acids is 3. The molecule has 0 aromatic heterocycles. The van der Waals surface area contributed by atoms with Gasteiger partial charge >= 0.3 is 5.97 Å². The van der Waals surface area contributed by atoms with Gasteiger partial charge in [0, 0.05) is 25.3 Å². The topological polar surface area (TPSA) is 72.5 Å². The maximum atomic E-state index is 14.4. The van der Waals surface area contributed by atoms with E-state index in [0.29, 0.717) is 24.2 Å². The molecule has 6 rings (SSSR count). The van der Waals surface area contributed by atoms with Gasteiger partial charge in [-0.1, -0.05) is 67.7 Å². The van der Waals surface area contributed by atoms with Crippen LogP contribution in [0.2, 0.25) is 0 Å². The van der Waals surface area contributed by atoms with E-state index < -0.39 is 5.41 Å². The highest BCUT2D eigenvalue weighted by Gasteiger charge is 2.71. The van der Waals surface area contributed by atoms with Gasteiger partial charge in [-0.05, 0) is 121 Å². The number of esters is 1. The molecule has 5 nitrogen and oxygen atoms in total. The van der Waals surface area contributed by atoms with E-state index in [9.17, 15) is 14.4 Å². The summed E-state index contributed by atoms with van der Waals surface area (Å²) in [7, 11) is 0. The molecule has 1 N–H and O–H groups in total. The van der Waals surface area contributed by atoms with Gasteiger partial charge in [0.1, 0.15) is 6.10 Å². The average Bonchev–Trinajstić information content (AvgIpc) is 3.27. The number of fused-ring (bicyclic) bond motifs is 7. The first kappa shape index (κ1) is 32.3. The Hall–Kier alpha value is -1.65. The highest BCUT2D eigenvalue weighted by Crippen LogP contribution is 2.76. The molecule has 5 fully saturated rings. The summed E-state index contributed by atoms with van der Waals surface area (Å²) in [5.41, 5.74) is 1.93. The number of hydrogen-bond acceptors (Lipinski definition) is 4. The van der Waals surface area contributed by atoms with Gasteiger partial charge in [-0.3, -0.25) is 14.4 Å². The molecule has 0 radical (unpaired) electrons. The number of ketones is 1. The van der Waals surface area contributed by atoms with Gasteiger partial charge in [0.15, 0.2) is 5.78 Å². The monoisotopic (exact) mass is 607 g/mol. The fourth-order valence-electron chi connectivity index (χ4n) is 13.1. The molecule has 5 saturated carbocycles. The third-order valence-corrected chi connectivity index (χ3v) is 15.4. The minimum atomic E-state index is -0.649. The largest absolute Gasteiger partial charge is 0.462 e. The highest BCUT2D eigenvalue weighted by molar-refractivity contribution is 6.06. The van der Waals surface area contributed by atoms with Gasteiger partial charge in [0.25, 0.3) is 0 Å². The molecular weight excluding hydrogens is 546 g/mol. The van der Waals surface area contributed by atoms with Gasteiger partial charge in [0.2, 0.25) is 5.91 Å². The van der Waals surface area contributed by atoms with Gasteiger partial charge in [-0.25, -0.2) is 0 Å². The lowest BCUT2D eigenvalue weighted by Gasteiger charge is -2.72. The van der Waals surface area contributed by atoms with Crippen molar-refractivity contribution in [3.05, 3.63) is 11.1 Å². The average molecular weight is 608 g/mol. The van der Waals surface area contributed by atoms with E-state index in [1.807, 2.05) is 0 Å². The summed E-state index contributed by atoms with van der Waals surface area (Å²) in [6, 6.07) is 0. The first-order valence-electron chi connectivity index (χ1n) is 18.3. The Morgan fingerprint density at radius 3 is 2.20 bits per heavy atom. The van der Waals surface area contributed by atoms with Crippen LogP contribution in [0.3, 0.4) is 0 Å². The van der Waals surface area contributed by atoms with Gasteiger partial charge < -0.3 is 10.1 Å². The molecule has 8 atom stereocenters. The van der Waals surface area contributed by atoms with E-state index in [0.717, 1.165) is 57.1 Å². The number of carbonyl (C=O) groups is 3. The summed E-state index contributed by atoms with van der Waals surface area (Å²) in [6.45, 7) is 19.1. The summed E-state index contributed by atoms with van der Waals surface area (Å²) >= 11 is 0. The molecule has 0 aromatic rings. The van der Waals surface area contributed by atoms with Gasteiger partial charge in [-0.2, -0.15) is 0 Å². The molecule has 0 aliphatic heterocycles. The third kappa shape index (κ3) is 4.54. The first-order valence-corrected chi connectivity index (χ1v) is 18.3. The Labute approximate surface area is 267 Å². The smallest absolute Gasteiger partial charge is 0.302 e. The summed E-state index contributed by atoms with van der Waals surface area (Å²) < 4.78 is 5.94. The summed E-state index contributed by atoms with van der Waals surface area (Å²) in [5, 5.41) is 3.45. The molecule has 5 heteroatoms. The first-order chi connectivity index (χ1) is 20.6. The van der Waals surface area contributed by atoms with Crippen molar-refractivity contribution >= 4 is 17.7 Å². The number of amides is 1. The molecule has 3 unspecified atom stereocenters. The van der Waals surface area contributed by atoms with E-state index in [-0.39, 0.29) is 57.3 Å². The zero-order valence-electron chi connectivity index (χ0n) is 29.2. The minimum Gasteiger partial charge on any atom is -0.462 e. The second-order valence-corrected chi connectivity index (χ2v) is 18.0. The van der Waals surface area contributed by atoms with Crippen LogP contribution in [0.4, 0.5) is 0 Å². The summed E-state index contributed by atoms with van der Waals surface area (Å²) in [4.78, 5) is 40.3. The molecule has 0 spiro atoms. The zero-order valence-corrected chi connectivity index (χ0v) is 29.2. The zero-order chi connectivity index (χ0) is 31.9. The predicted octanol–water partition coefficient (Wildman–Crippen LogP) is 8.60. The Bertz CT molecular complexity index is 1230. The van der Waals surface area contributed by atoms with Crippen molar-refractivity contribution in [2.45, 2.75) is 151 Å². The number of Topliss-reactive ketones (excluding diaryl/α,β-unsaturated/α-hetero) is 1. The molecule has 0 heterocycles. The second kappa shape index (κ2) is 11.0. The lowest BCUT2D eigenvalue weighted by molar-refractivity contribution is -0.232. The number of ether oxygens (including phenoxy) is 1. The van der Waals surface area contributed by atoms with E-state index in [4.69, 9.17) is 4.74 Å². The summed E-state index contributed by atoms with van der Waals surface area (Å²) in [5.74, 6) is 2.33. The standard InChI is InChI=1S/C39H61NO4/c1-24(2)32-28(42)22-39(34(43)40-23-26-12-10-9-11-13-26)21-20-37(7)27(33(32)39)14-15-30-36(6)18-17-31(44-25(3)41)35(4,5)29(36)16-19-38(30,37)8/h24,26-27,29-31H,9-23H2,1-8H3,(H,40,43)/t27?,29?,30?,31-,36-,37+,38+,39+/m0/s1. The SMILES string of the molecule is CC(=O)O[C@H]1CC[C@@]2(C)C(CC[C@]3(C)C2CCC2C4=C(C(C)C)C(=O)C[C@]4(C(=O)NCC4CCCCC4)CC[C@]23C)C1(C)C.